The van der Waals surface area contributed by atoms with E-state index in [9.17, 15) is 0 Å². The summed E-state index contributed by atoms with van der Waals surface area (Å²) >= 11 is 12.3. The van der Waals surface area contributed by atoms with Gasteiger partial charge >= 0.3 is 0 Å². The van der Waals surface area contributed by atoms with E-state index in [4.69, 9.17) is 23.2 Å². The van der Waals surface area contributed by atoms with Crippen molar-refractivity contribution in [3.05, 3.63) is 33.8 Å². The quantitative estimate of drug-likeness (QED) is 0.532. The minimum Gasteiger partial charge on any atom is -0.314 e. The van der Waals surface area contributed by atoms with Gasteiger partial charge in [-0.05, 0) is 43.1 Å². The van der Waals surface area contributed by atoms with Gasteiger partial charge in [-0.25, -0.2) is 0 Å². The molecular weight excluding hydrogens is 289 g/mol. The number of nitrogens with one attached hydrogen (secondary N) is 1. The van der Waals surface area contributed by atoms with E-state index in [0.717, 1.165) is 28.6 Å². The van der Waals surface area contributed by atoms with Crippen molar-refractivity contribution in [2.45, 2.75) is 64.8 Å². The van der Waals surface area contributed by atoms with Crippen LogP contribution in [0.25, 0.3) is 0 Å². The lowest BCUT2D eigenvalue weighted by molar-refractivity contribution is 0.461. The van der Waals surface area contributed by atoms with E-state index in [-0.39, 0.29) is 0 Å². The second kappa shape index (κ2) is 10.5. The summed E-state index contributed by atoms with van der Waals surface area (Å²) in [6, 6.07) is 6.23. The molecule has 1 atom stereocenters. The number of hydrogen-bond acceptors (Lipinski definition) is 1. The van der Waals surface area contributed by atoms with Crippen molar-refractivity contribution < 1.29 is 0 Å². The molecule has 1 unspecified atom stereocenters. The van der Waals surface area contributed by atoms with Gasteiger partial charge in [-0.3, -0.25) is 0 Å². The zero-order valence-electron chi connectivity index (χ0n) is 12.7. The normalized spacial score (nSPS) is 12.6. The highest BCUT2D eigenvalue weighted by Crippen LogP contribution is 2.23. The fraction of sp³-hybridized carbons (Fsp3) is 0.647. The van der Waals surface area contributed by atoms with Crippen LogP contribution in [-0.2, 0) is 6.42 Å². The number of hydrogen-bond donors (Lipinski definition) is 1. The van der Waals surface area contributed by atoms with Crippen molar-refractivity contribution in [3.63, 3.8) is 0 Å². The van der Waals surface area contributed by atoms with Gasteiger partial charge in [0.2, 0.25) is 0 Å². The number of unbranched alkanes of at least 4 members (excludes halogenated alkanes) is 4. The van der Waals surface area contributed by atoms with Crippen molar-refractivity contribution in [2.24, 2.45) is 0 Å². The molecule has 0 fully saturated rings. The molecule has 0 spiro atoms. The van der Waals surface area contributed by atoms with Crippen molar-refractivity contribution in [2.75, 3.05) is 6.54 Å². The summed E-state index contributed by atoms with van der Waals surface area (Å²) in [7, 11) is 0. The van der Waals surface area contributed by atoms with E-state index >= 15 is 0 Å². The molecule has 0 aliphatic rings. The van der Waals surface area contributed by atoms with Crippen molar-refractivity contribution >= 4 is 23.2 Å². The molecule has 1 N–H and O–H groups in total. The first-order chi connectivity index (χ1) is 9.67. The molecule has 0 bridgehead atoms. The van der Waals surface area contributed by atoms with Crippen LogP contribution >= 0.6 is 23.2 Å². The highest BCUT2D eigenvalue weighted by molar-refractivity contribution is 6.33. The monoisotopic (exact) mass is 315 g/mol. The number of likely N-dealkylation sites (N-methyl/N-ethyl adjacent to an activating group) is 1. The lowest BCUT2D eigenvalue weighted by atomic mass is 9.99. The van der Waals surface area contributed by atoms with Crippen LogP contribution in [0.2, 0.25) is 10.0 Å². The third-order valence-electron chi connectivity index (χ3n) is 3.62. The maximum absolute atomic E-state index is 6.26. The van der Waals surface area contributed by atoms with Gasteiger partial charge in [0.25, 0.3) is 0 Å². The smallest absolute Gasteiger partial charge is 0.0439 e. The topological polar surface area (TPSA) is 12.0 Å². The van der Waals surface area contributed by atoms with E-state index in [1.807, 2.05) is 18.2 Å². The highest BCUT2D eigenvalue weighted by Gasteiger charge is 2.11. The Bertz CT molecular complexity index is 379. The summed E-state index contributed by atoms with van der Waals surface area (Å²) in [5.74, 6) is 0. The Balaban J connectivity index is 2.47. The largest absolute Gasteiger partial charge is 0.314 e. The van der Waals surface area contributed by atoms with Crippen molar-refractivity contribution in [3.8, 4) is 0 Å². The summed E-state index contributed by atoms with van der Waals surface area (Å²) in [5.41, 5.74) is 1.15. The van der Waals surface area contributed by atoms with Crippen LogP contribution in [0.5, 0.6) is 0 Å². The molecule has 0 radical (unpaired) electrons. The molecule has 20 heavy (non-hydrogen) atoms. The fourth-order valence-electron chi connectivity index (χ4n) is 2.52. The number of halogens is 2. The standard InChI is InChI=1S/C17H27Cl2N/c1-3-5-6-7-8-9-16(20-4-2)13-14-12-15(18)10-11-17(14)19/h10-12,16,20H,3-9,13H2,1-2H3. The van der Waals surface area contributed by atoms with Crippen LogP contribution in [0.3, 0.4) is 0 Å². The van der Waals surface area contributed by atoms with E-state index in [1.54, 1.807) is 0 Å². The van der Waals surface area contributed by atoms with E-state index < -0.39 is 0 Å². The molecule has 0 aliphatic heterocycles. The molecule has 0 saturated carbocycles. The molecular formula is C17H27Cl2N. The molecule has 1 aromatic rings. The average Bonchev–Trinajstić information content (AvgIpc) is 2.42. The first-order valence-electron chi connectivity index (χ1n) is 7.84. The van der Waals surface area contributed by atoms with E-state index in [1.165, 1.54) is 38.5 Å². The first kappa shape index (κ1) is 17.8. The Hall–Kier alpha value is -0.240. The zero-order valence-corrected chi connectivity index (χ0v) is 14.2. The molecule has 0 amide bonds. The second-order valence-corrected chi connectivity index (χ2v) is 6.24. The molecule has 0 aliphatic carbocycles. The molecule has 0 heterocycles. The SMILES string of the molecule is CCCCCCCC(Cc1cc(Cl)ccc1Cl)NCC. The molecule has 3 heteroatoms. The molecule has 0 aromatic heterocycles. The Kier molecular flexibility index (Phi) is 9.33. The summed E-state index contributed by atoms with van der Waals surface area (Å²) in [6.07, 6.45) is 8.80. The Morgan fingerprint density at radius 1 is 1.05 bits per heavy atom. The minimum absolute atomic E-state index is 0.498. The molecule has 1 nitrogen and oxygen atoms in total. The molecule has 0 saturated heterocycles. The maximum Gasteiger partial charge on any atom is 0.0439 e. The van der Waals surface area contributed by atoms with Crippen LogP contribution < -0.4 is 5.32 Å². The summed E-state index contributed by atoms with van der Waals surface area (Å²) in [4.78, 5) is 0. The summed E-state index contributed by atoms with van der Waals surface area (Å²) in [6.45, 7) is 5.41. The van der Waals surface area contributed by atoms with E-state index in [2.05, 4.69) is 19.2 Å². The maximum atomic E-state index is 6.26. The molecule has 1 rings (SSSR count). The highest BCUT2D eigenvalue weighted by atomic mass is 35.5. The van der Waals surface area contributed by atoms with Gasteiger partial charge in [0.1, 0.15) is 0 Å². The van der Waals surface area contributed by atoms with Gasteiger partial charge in [-0.1, -0.05) is 69.2 Å². The third-order valence-corrected chi connectivity index (χ3v) is 4.23. The predicted molar refractivity (Wildman–Crippen MR) is 91.0 cm³/mol. The molecule has 114 valence electrons. The van der Waals surface area contributed by atoms with Gasteiger partial charge in [0, 0.05) is 16.1 Å². The number of benzene rings is 1. The fourth-order valence-corrected chi connectivity index (χ4v) is 2.91. The summed E-state index contributed by atoms with van der Waals surface area (Å²) < 4.78 is 0. The van der Waals surface area contributed by atoms with Gasteiger partial charge in [-0.15, -0.1) is 0 Å². The Labute approximate surface area is 134 Å². The first-order valence-corrected chi connectivity index (χ1v) is 8.60. The van der Waals surface area contributed by atoms with Crippen LogP contribution in [0.15, 0.2) is 18.2 Å². The van der Waals surface area contributed by atoms with Gasteiger partial charge in [-0.2, -0.15) is 0 Å². The van der Waals surface area contributed by atoms with Gasteiger partial charge < -0.3 is 5.32 Å². The lowest BCUT2D eigenvalue weighted by Gasteiger charge is -2.19. The Morgan fingerprint density at radius 2 is 1.80 bits per heavy atom. The van der Waals surface area contributed by atoms with Crippen molar-refractivity contribution in [1.29, 1.82) is 0 Å². The van der Waals surface area contributed by atoms with Crippen LogP contribution in [-0.4, -0.2) is 12.6 Å². The van der Waals surface area contributed by atoms with E-state index in [0.29, 0.717) is 6.04 Å². The van der Waals surface area contributed by atoms with Crippen LogP contribution in [0.1, 0.15) is 57.9 Å². The zero-order chi connectivity index (χ0) is 14.8. The van der Waals surface area contributed by atoms with Crippen LogP contribution in [0.4, 0.5) is 0 Å². The third kappa shape index (κ3) is 6.97. The summed E-state index contributed by atoms with van der Waals surface area (Å²) in [5, 5.41) is 5.16. The van der Waals surface area contributed by atoms with Gasteiger partial charge in [0.15, 0.2) is 0 Å². The predicted octanol–water partition coefficient (Wildman–Crippen LogP) is 5.87. The molecule has 1 aromatic carbocycles. The lowest BCUT2D eigenvalue weighted by Crippen LogP contribution is -2.31. The van der Waals surface area contributed by atoms with Crippen LogP contribution in [0, 0.1) is 0 Å². The average molecular weight is 316 g/mol. The minimum atomic E-state index is 0.498. The Morgan fingerprint density at radius 3 is 2.50 bits per heavy atom. The van der Waals surface area contributed by atoms with Gasteiger partial charge in [0.05, 0.1) is 0 Å². The second-order valence-electron chi connectivity index (χ2n) is 5.40. The van der Waals surface area contributed by atoms with Crippen molar-refractivity contribution in [1.82, 2.24) is 5.32 Å². The number of rotatable bonds is 10.